The van der Waals surface area contributed by atoms with E-state index in [4.69, 9.17) is 23.2 Å². The van der Waals surface area contributed by atoms with E-state index < -0.39 is 15.9 Å². The van der Waals surface area contributed by atoms with Gasteiger partial charge in [0.2, 0.25) is 15.9 Å². The van der Waals surface area contributed by atoms with E-state index in [-0.39, 0.29) is 22.4 Å². The lowest BCUT2D eigenvalue weighted by atomic mass is 9.98. The SMILES string of the molecule is Cc1ccc(NC(=O)[C@H]2CCCN(S(=O)(=O)c3cc(Cl)ccc3Cl)C2)cc1C. The van der Waals surface area contributed by atoms with Gasteiger partial charge in [-0.25, -0.2) is 8.42 Å². The number of anilines is 1. The molecule has 0 unspecified atom stereocenters. The standard InChI is InChI=1S/C20H22Cl2N2O3S/c1-13-5-7-17(10-14(13)2)23-20(25)15-4-3-9-24(12-15)28(26,27)19-11-16(21)6-8-18(19)22/h5-8,10-11,15H,3-4,9,12H2,1-2H3,(H,23,25)/t15-/m0/s1. The highest BCUT2D eigenvalue weighted by Gasteiger charge is 2.34. The van der Waals surface area contributed by atoms with Crippen LogP contribution in [0.25, 0.3) is 0 Å². The summed E-state index contributed by atoms with van der Waals surface area (Å²) >= 11 is 12.0. The molecule has 1 saturated heterocycles. The van der Waals surface area contributed by atoms with E-state index in [0.29, 0.717) is 30.1 Å². The summed E-state index contributed by atoms with van der Waals surface area (Å²) in [6.07, 6.45) is 1.23. The van der Waals surface area contributed by atoms with Gasteiger partial charge >= 0.3 is 0 Å². The molecule has 8 heteroatoms. The monoisotopic (exact) mass is 440 g/mol. The number of carbonyl (C=O) groups is 1. The van der Waals surface area contributed by atoms with Crippen LogP contribution >= 0.6 is 23.2 Å². The molecule has 1 atom stereocenters. The fourth-order valence-corrected chi connectivity index (χ4v) is 5.51. The summed E-state index contributed by atoms with van der Waals surface area (Å²) in [6, 6.07) is 10.1. The zero-order valence-corrected chi connectivity index (χ0v) is 18.0. The molecule has 0 aliphatic carbocycles. The molecule has 1 heterocycles. The number of rotatable bonds is 4. The van der Waals surface area contributed by atoms with Crippen molar-refractivity contribution in [3.63, 3.8) is 0 Å². The van der Waals surface area contributed by atoms with Gasteiger partial charge in [0.25, 0.3) is 0 Å². The quantitative estimate of drug-likeness (QED) is 0.751. The van der Waals surface area contributed by atoms with Crippen molar-refractivity contribution >= 4 is 44.8 Å². The van der Waals surface area contributed by atoms with Gasteiger partial charge in [0.1, 0.15) is 4.90 Å². The van der Waals surface area contributed by atoms with Gasteiger partial charge in [0.15, 0.2) is 0 Å². The fourth-order valence-electron chi connectivity index (χ4n) is 3.25. The Morgan fingerprint density at radius 1 is 1.11 bits per heavy atom. The Labute approximate surface area is 175 Å². The van der Waals surface area contributed by atoms with Gasteiger partial charge in [-0.1, -0.05) is 29.3 Å². The third-order valence-corrected chi connectivity index (χ3v) is 7.62. The minimum absolute atomic E-state index is 0.0307. The topological polar surface area (TPSA) is 66.5 Å². The molecule has 1 aliphatic rings. The molecule has 2 aromatic carbocycles. The van der Waals surface area contributed by atoms with Crippen LogP contribution in [0.5, 0.6) is 0 Å². The molecule has 0 aromatic heterocycles. The zero-order chi connectivity index (χ0) is 20.5. The maximum Gasteiger partial charge on any atom is 0.244 e. The summed E-state index contributed by atoms with van der Waals surface area (Å²) in [7, 11) is -3.83. The minimum Gasteiger partial charge on any atom is -0.326 e. The molecule has 0 saturated carbocycles. The lowest BCUT2D eigenvalue weighted by Gasteiger charge is -2.31. The highest BCUT2D eigenvalue weighted by atomic mass is 35.5. The van der Waals surface area contributed by atoms with Crippen LogP contribution in [0.2, 0.25) is 10.0 Å². The number of halogens is 2. The molecule has 1 fully saturated rings. The molecule has 0 bridgehead atoms. The summed E-state index contributed by atoms with van der Waals surface area (Å²) in [6.45, 7) is 4.45. The van der Waals surface area contributed by atoms with Crippen molar-refractivity contribution in [1.29, 1.82) is 0 Å². The first kappa shape index (κ1) is 21.1. The number of amides is 1. The molecule has 1 aliphatic heterocycles. The number of nitrogens with zero attached hydrogens (tertiary/aromatic N) is 1. The number of sulfonamides is 1. The van der Waals surface area contributed by atoms with E-state index in [0.717, 1.165) is 11.1 Å². The first-order valence-electron chi connectivity index (χ1n) is 9.02. The second-order valence-corrected chi connectivity index (χ2v) is 9.82. The van der Waals surface area contributed by atoms with Gasteiger partial charge < -0.3 is 5.32 Å². The van der Waals surface area contributed by atoms with Crippen LogP contribution in [0.4, 0.5) is 5.69 Å². The molecule has 1 amide bonds. The van der Waals surface area contributed by atoms with E-state index in [1.807, 2.05) is 32.0 Å². The maximum absolute atomic E-state index is 13.0. The number of hydrogen-bond acceptors (Lipinski definition) is 3. The summed E-state index contributed by atoms with van der Waals surface area (Å²) in [5.74, 6) is -0.608. The Balaban J connectivity index is 1.76. The highest BCUT2D eigenvalue weighted by molar-refractivity contribution is 7.89. The first-order valence-corrected chi connectivity index (χ1v) is 11.2. The van der Waals surface area contributed by atoms with Crippen LogP contribution in [-0.4, -0.2) is 31.7 Å². The van der Waals surface area contributed by atoms with Gasteiger partial charge in [-0.15, -0.1) is 0 Å². The van der Waals surface area contributed by atoms with Gasteiger partial charge in [-0.2, -0.15) is 4.31 Å². The number of hydrogen-bond donors (Lipinski definition) is 1. The average molecular weight is 441 g/mol. The molecule has 2 aromatic rings. The largest absolute Gasteiger partial charge is 0.326 e. The molecular weight excluding hydrogens is 419 g/mol. The van der Waals surface area contributed by atoms with E-state index in [9.17, 15) is 13.2 Å². The van der Waals surface area contributed by atoms with Crippen molar-refractivity contribution in [3.05, 3.63) is 57.6 Å². The molecule has 1 N–H and O–H groups in total. The van der Waals surface area contributed by atoms with Crippen molar-refractivity contribution in [2.45, 2.75) is 31.6 Å². The number of piperidine rings is 1. The van der Waals surface area contributed by atoms with Crippen molar-refractivity contribution in [1.82, 2.24) is 4.31 Å². The van der Waals surface area contributed by atoms with Crippen LogP contribution in [-0.2, 0) is 14.8 Å². The number of aryl methyl sites for hydroxylation is 2. The van der Waals surface area contributed by atoms with Gasteiger partial charge in [-0.3, -0.25) is 4.79 Å². The fraction of sp³-hybridized carbons (Fsp3) is 0.350. The van der Waals surface area contributed by atoms with E-state index in [1.165, 1.54) is 16.4 Å². The van der Waals surface area contributed by atoms with Crippen molar-refractivity contribution in [3.8, 4) is 0 Å². The second kappa shape index (κ2) is 8.41. The predicted molar refractivity (Wildman–Crippen MR) is 112 cm³/mol. The molecule has 0 radical (unpaired) electrons. The Morgan fingerprint density at radius 2 is 1.86 bits per heavy atom. The molecule has 5 nitrogen and oxygen atoms in total. The first-order chi connectivity index (χ1) is 13.2. The van der Waals surface area contributed by atoms with E-state index in [1.54, 1.807) is 6.07 Å². The summed E-state index contributed by atoms with van der Waals surface area (Å²) in [4.78, 5) is 12.7. The Hall–Kier alpha value is -1.60. The molecular formula is C20H22Cl2N2O3S. The van der Waals surface area contributed by atoms with E-state index in [2.05, 4.69) is 5.32 Å². The average Bonchev–Trinajstić information content (AvgIpc) is 2.66. The normalized spacial score (nSPS) is 18.1. The zero-order valence-electron chi connectivity index (χ0n) is 15.7. The summed E-state index contributed by atoms with van der Waals surface area (Å²) < 4.78 is 27.4. The third-order valence-electron chi connectivity index (χ3n) is 5.04. The minimum atomic E-state index is -3.83. The molecule has 150 valence electrons. The van der Waals surface area contributed by atoms with Crippen molar-refractivity contribution in [2.75, 3.05) is 18.4 Å². The van der Waals surface area contributed by atoms with Crippen LogP contribution in [0.3, 0.4) is 0 Å². The molecule has 3 rings (SSSR count). The van der Waals surface area contributed by atoms with Crippen molar-refractivity contribution < 1.29 is 13.2 Å². The lowest BCUT2D eigenvalue weighted by molar-refractivity contribution is -0.120. The Morgan fingerprint density at radius 3 is 2.57 bits per heavy atom. The van der Waals surface area contributed by atoms with Crippen LogP contribution in [0, 0.1) is 19.8 Å². The van der Waals surface area contributed by atoms with Crippen LogP contribution < -0.4 is 5.32 Å². The second-order valence-electron chi connectivity index (χ2n) is 7.07. The summed E-state index contributed by atoms with van der Waals surface area (Å²) in [5, 5.41) is 3.32. The van der Waals surface area contributed by atoms with Crippen molar-refractivity contribution in [2.24, 2.45) is 5.92 Å². The third kappa shape index (κ3) is 4.51. The lowest BCUT2D eigenvalue weighted by Crippen LogP contribution is -2.43. The summed E-state index contributed by atoms with van der Waals surface area (Å²) in [5.41, 5.74) is 2.94. The Kier molecular flexibility index (Phi) is 6.34. The van der Waals surface area contributed by atoms with E-state index >= 15 is 0 Å². The maximum atomic E-state index is 13.0. The highest BCUT2D eigenvalue weighted by Crippen LogP contribution is 2.30. The molecule has 28 heavy (non-hydrogen) atoms. The molecule has 0 spiro atoms. The smallest absolute Gasteiger partial charge is 0.244 e. The van der Waals surface area contributed by atoms with Gasteiger partial charge in [0.05, 0.1) is 10.9 Å². The van der Waals surface area contributed by atoms with Gasteiger partial charge in [-0.05, 0) is 68.1 Å². The van der Waals surface area contributed by atoms with Crippen LogP contribution in [0.1, 0.15) is 24.0 Å². The number of nitrogens with one attached hydrogen (secondary N) is 1. The predicted octanol–water partition coefficient (Wildman–Crippen LogP) is 4.65. The van der Waals surface area contributed by atoms with Gasteiger partial charge in [0, 0.05) is 23.8 Å². The van der Waals surface area contributed by atoms with Crippen LogP contribution in [0.15, 0.2) is 41.3 Å². The number of carbonyl (C=O) groups excluding carboxylic acids is 1. The number of benzene rings is 2. The Bertz CT molecular complexity index is 1010.